The molecule has 1 fully saturated rings. The van der Waals surface area contributed by atoms with Crippen molar-refractivity contribution >= 4 is 5.78 Å². The standard InChI is InChI=1S/C9H16O2/c1-2-3-9(11)7-4-5-8(10)6-7/h7,9,11H,2-6H2,1H3/t7-,9?/m0/s1. The van der Waals surface area contributed by atoms with Gasteiger partial charge in [0.05, 0.1) is 6.10 Å². The third kappa shape index (κ3) is 2.29. The van der Waals surface area contributed by atoms with Crippen LogP contribution in [-0.2, 0) is 4.79 Å². The molecule has 1 N–H and O–H groups in total. The van der Waals surface area contributed by atoms with Gasteiger partial charge in [-0.05, 0) is 18.8 Å². The lowest BCUT2D eigenvalue weighted by Crippen LogP contribution is -2.17. The molecule has 0 amide bonds. The molecule has 0 spiro atoms. The lowest BCUT2D eigenvalue weighted by atomic mass is 9.97. The second-order valence-electron chi connectivity index (χ2n) is 3.40. The first-order valence-corrected chi connectivity index (χ1v) is 4.43. The molecule has 1 saturated carbocycles. The van der Waals surface area contributed by atoms with Crippen molar-refractivity contribution in [1.29, 1.82) is 0 Å². The third-order valence-electron chi connectivity index (χ3n) is 2.41. The van der Waals surface area contributed by atoms with Gasteiger partial charge in [-0.1, -0.05) is 13.3 Å². The summed E-state index contributed by atoms with van der Waals surface area (Å²) in [7, 11) is 0. The van der Waals surface area contributed by atoms with Gasteiger partial charge < -0.3 is 5.11 Å². The molecule has 1 aliphatic carbocycles. The molecule has 1 rings (SSSR count). The van der Waals surface area contributed by atoms with E-state index in [1.807, 2.05) is 0 Å². The summed E-state index contributed by atoms with van der Waals surface area (Å²) in [6.07, 6.45) is 3.82. The van der Waals surface area contributed by atoms with E-state index in [0.717, 1.165) is 19.3 Å². The minimum atomic E-state index is -0.230. The van der Waals surface area contributed by atoms with Crippen molar-refractivity contribution in [2.45, 2.75) is 45.1 Å². The lowest BCUT2D eigenvalue weighted by molar-refractivity contribution is -0.117. The van der Waals surface area contributed by atoms with Crippen LogP contribution in [0, 0.1) is 5.92 Å². The lowest BCUT2D eigenvalue weighted by Gasteiger charge is -2.15. The van der Waals surface area contributed by atoms with Crippen LogP contribution in [0.2, 0.25) is 0 Å². The summed E-state index contributed by atoms with van der Waals surface area (Å²) in [5.41, 5.74) is 0. The average molecular weight is 156 g/mol. The number of rotatable bonds is 3. The number of aliphatic hydroxyl groups is 1. The SMILES string of the molecule is CCCC(O)[C@H]1CCC(=O)C1. The zero-order valence-electron chi connectivity index (χ0n) is 7.05. The van der Waals surface area contributed by atoms with Gasteiger partial charge in [0.1, 0.15) is 5.78 Å². The van der Waals surface area contributed by atoms with Crippen molar-refractivity contribution in [3.8, 4) is 0 Å². The number of hydrogen-bond donors (Lipinski definition) is 1. The Balaban J connectivity index is 2.30. The minimum Gasteiger partial charge on any atom is -0.393 e. The van der Waals surface area contributed by atoms with Gasteiger partial charge in [0.2, 0.25) is 0 Å². The van der Waals surface area contributed by atoms with E-state index < -0.39 is 0 Å². The summed E-state index contributed by atoms with van der Waals surface area (Å²) < 4.78 is 0. The fourth-order valence-electron chi connectivity index (χ4n) is 1.70. The van der Waals surface area contributed by atoms with Crippen molar-refractivity contribution in [2.24, 2.45) is 5.92 Å². The largest absolute Gasteiger partial charge is 0.393 e. The Bertz CT molecular complexity index is 142. The second-order valence-corrected chi connectivity index (χ2v) is 3.40. The number of aliphatic hydroxyl groups excluding tert-OH is 1. The van der Waals surface area contributed by atoms with Crippen LogP contribution in [0.1, 0.15) is 39.0 Å². The first kappa shape index (κ1) is 8.72. The normalized spacial score (nSPS) is 27.5. The summed E-state index contributed by atoms with van der Waals surface area (Å²) in [6.45, 7) is 2.06. The maximum Gasteiger partial charge on any atom is 0.133 e. The van der Waals surface area contributed by atoms with Gasteiger partial charge >= 0.3 is 0 Å². The molecule has 0 aromatic carbocycles. The predicted octanol–water partition coefficient (Wildman–Crippen LogP) is 1.52. The van der Waals surface area contributed by atoms with Gasteiger partial charge in [-0.3, -0.25) is 4.79 Å². The van der Waals surface area contributed by atoms with Gasteiger partial charge in [0.25, 0.3) is 0 Å². The number of hydrogen-bond acceptors (Lipinski definition) is 2. The van der Waals surface area contributed by atoms with E-state index in [1.54, 1.807) is 0 Å². The Morgan fingerprint density at radius 1 is 1.73 bits per heavy atom. The van der Waals surface area contributed by atoms with E-state index >= 15 is 0 Å². The molecule has 0 aromatic rings. The van der Waals surface area contributed by atoms with E-state index in [2.05, 4.69) is 6.92 Å². The fraction of sp³-hybridized carbons (Fsp3) is 0.889. The zero-order chi connectivity index (χ0) is 8.27. The maximum atomic E-state index is 10.9. The van der Waals surface area contributed by atoms with Gasteiger partial charge in [-0.25, -0.2) is 0 Å². The summed E-state index contributed by atoms with van der Waals surface area (Å²) >= 11 is 0. The molecule has 64 valence electrons. The number of carbonyl (C=O) groups is 1. The predicted molar refractivity (Wildman–Crippen MR) is 43.3 cm³/mol. The van der Waals surface area contributed by atoms with Crippen LogP contribution in [0.25, 0.3) is 0 Å². The summed E-state index contributed by atoms with van der Waals surface area (Å²) in [4.78, 5) is 10.9. The van der Waals surface area contributed by atoms with Crippen molar-refractivity contribution in [3.05, 3.63) is 0 Å². The van der Waals surface area contributed by atoms with Crippen LogP contribution in [0.15, 0.2) is 0 Å². The molecule has 0 heterocycles. The van der Waals surface area contributed by atoms with Gasteiger partial charge in [-0.15, -0.1) is 0 Å². The van der Waals surface area contributed by atoms with Crippen LogP contribution < -0.4 is 0 Å². The molecule has 2 nitrogen and oxygen atoms in total. The summed E-state index contributed by atoms with van der Waals surface area (Å²) in [6, 6.07) is 0. The van der Waals surface area contributed by atoms with E-state index in [9.17, 15) is 9.90 Å². The number of carbonyl (C=O) groups excluding carboxylic acids is 1. The second kappa shape index (κ2) is 3.86. The molecule has 1 aliphatic rings. The van der Waals surface area contributed by atoms with Gasteiger partial charge in [0, 0.05) is 12.8 Å². The summed E-state index contributed by atoms with van der Waals surface area (Å²) in [5.74, 6) is 0.590. The monoisotopic (exact) mass is 156 g/mol. The van der Waals surface area contributed by atoms with Gasteiger partial charge in [0.15, 0.2) is 0 Å². The van der Waals surface area contributed by atoms with Crippen molar-refractivity contribution in [2.75, 3.05) is 0 Å². The highest BCUT2D eigenvalue weighted by Crippen LogP contribution is 2.26. The smallest absolute Gasteiger partial charge is 0.133 e. The number of Topliss-reactive ketones (excluding diaryl/α,β-unsaturated/α-hetero) is 1. The molecule has 0 aromatic heterocycles. The molecular weight excluding hydrogens is 140 g/mol. The molecule has 0 saturated heterocycles. The van der Waals surface area contributed by atoms with Crippen molar-refractivity contribution < 1.29 is 9.90 Å². The Kier molecular flexibility index (Phi) is 3.06. The van der Waals surface area contributed by atoms with Crippen LogP contribution in [-0.4, -0.2) is 17.0 Å². The molecule has 1 unspecified atom stereocenters. The van der Waals surface area contributed by atoms with Gasteiger partial charge in [-0.2, -0.15) is 0 Å². The van der Waals surface area contributed by atoms with Crippen molar-refractivity contribution in [1.82, 2.24) is 0 Å². The minimum absolute atomic E-state index is 0.230. The van der Waals surface area contributed by atoms with E-state index in [-0.39, 0.29) is 12.0 Å². The molecular formula is C9H16O2. The summed E-state index contributed by atoms with van der Waals surface area (Å²) in [5, 5.41) is 9.51. The average Bonchev–Trinajstić information content (AvgIpc) is 2.36. The Labute approximate surface area is 67.6 Å². The molecule has 0 bridgehead atoms. The van der Waals surface area contributed by atoms with Crippen LogP contribution >= 0.6 is 0 Å². The Hall–Kier alpha value is -0.370. The molecule has 0 aliphatic heterocycles. The molecule has 2 atom stereocenters. The van der Waals surface area contributed by atoms with Crippen LogP contribution in [0.5, 0.6) is 0 Å². The highest BCUT2D eigenvalue weighted by atomic mass is 16.3. The van der Waals surface area contributed by atoms with E-state index in [0.29, 0.717) is 18.6 Å². The quantitative estimate of drug-likeness (QED) is 0.672. The Morgan fingerprint density at radius 3 is 2.91 bits per heavy atom. The molecule has 11 heavy (non-hydrogen) atoms. The van der Waals surface area contributed by atoms with Crippen LogP contribution in [0.4, 0.5) is 0 Å². The molecule has 0 radical (unpaired) electrons. The van der Waals surface area contributed by atoms with E-state index in [1.165, 1.54) is 0 Å². The fourth-order valence-corrected chi connectivity index (χ4v) is 1.70. The zero-order valence-corrected chi connectivity index (χ0v) is 7.05. The topological polar surface area (TPSA) is 37.3 Å². The van der Waals surface area contributed by atoms with Crippen molar-refractivity contribution in [3.63, 3.8) is 0 Å². The van der Waals surface area contributed by atoms with E-state index in [4.69, 9.17) is 0 Å². The highest BCUT2D eigenvalue weighted by molar-refractivity contribution is 5.80. The Morgan fingerprint density at radius 2 is 2.45 bits per heavy atom. The first-order valence-electron chi connectivity index (χ1n) is 4.43. The third-order valence-corrected chi connectivity index (χ3v) is 2.41. The first-order chi connectivity index (χ1) is 5.24. The molecule has 2 heteroatoms. The highest BCUT2D eigenvalue weighted by Gasteiger charge is 2.27. The number of ketones is 1. The van der Waals surface area contributed by atoms with Crippen LogP contribution in [0.3, 0.4) is 0 Å². The maximum absolute atomic E-state index is 10.9.